The lowest BCUT2D eigenvalue weighted by Crippen LogP contribution is -2.44. The molecule has 0 radical (unpaired) electrons. The number of aliphatic hydroxyl groups is 1. The van der Waals surface area contributed by atoms with Gasteiger partial charge in [0.15, 0.2) is 0 Å². The summed E-state index contributed by atoms with van der Waals surface area (Å²) in [6, 6.07) is 8.73. The number of nitrogens with zero attached hydrogens (tertiary/aromatic N) is 1. The highest BCUT2D eigenvalue weighted by Crippen LogP contribution is 2.30. The summed E-state index contributed by atoms with van der Waals surface area (Å²) < 4.78 is 10.1. The molecule has 6 nitrogen and oxygen atoms in total. The fourth-order valence-corrected chi connectivity index (χ4v) is 2.65. The second-order valence-corrected chi connectivity index (χ2v) is 5.90. The molecule has 0 saturated carbocycles. The quantitative estimate of drug-likeness (QED) is 0.661. The summed E-state index contributed by atoms with van der Waals surface area (Å²) in [5.74, 6) is -0.502. The van der Waals surface area contributed by atoms with Crippen LogP contribution in [-0.2, 0) is 20.9 Å². The zero-order valence-corrected chi connectivity index (χ0v) is 14.0. The molecule has 130 valence electrons. The number of rotatable bonds is 5. The lowest BCUT2D eigenvalue weighted by molar-refractivity contribution is -0.137. The van der Waals surface area contributed by atoms with E-state index >= 15 is 0 Å². The standard InChI is InChI=1S/C18H23NO5/c1-3-23-16(20)10-9-15-18(2,22)11-12-19(15)17(21)24-13-14-7-5-4-6-8-14/h4-10,15,22H,3,11-13H2,1-2H3/b10-9+/t15-,18-/m1/s1. The van der Waals surface area contributed by atoms with Crippen LogP contribution >= 0.6 is 0 Å². The molecule has 6 heteroatoms. The maximum Gasteiger partial charge on any atom is 0.410 e. The van der Waals surface area contributed by atoms with Crippen LogP contribution in [0.4, 0.5) is 4.79 Å². The Morgan fingerprint density at radius 2 is 2.04 bits per heavy atom. The Labute approximate surface area is 141 Å². The lowest BCUT2D eigenvalue weighted by Gasteiger charge is -2.28. The largest absolute Gasteiger partial charge is 0.463 e. The van der Waals surface area contributed by atoms with E-state index in [0.717, 1.165) is 5.56 Å². The van der Waals surface area contributed by atoms with Crippen LogP contribution in [0.5, 0.6) is 0 Å². The number of benzene rings is 1. The second kappa shape index (κ2) is 7.97. The minimum Gasteiger partial charge on any atom is -0.463 e. The van der Waals surface area contributed by atoms with Crippen LogP contribution in [0, 0.1) is 0 Å². The molecule has 0 bridgehead atoms. The van der Waals surface area contributed by atoms with E-state index < -0.39 is 23.7 Å². The molecule has 1 fully saturated rings. The molecule has 0 unspecified atom stereocenters. The highest BCUT2D eigenvalue weighted by molar-refractivity contribution is 5.82. The summed E-state index contributed by atoms with van der Waals surface area (Å²) >= 11 is 0. The van der Waals surface area contributed by atoms with Crippen LogP contribution in [-0.4, -0.2) is 46.9 Å². The van der Waals surface area contributed by atoms with Gasteiger partial charge in [0, 0.05) is 12.6 Å². The lowest BCUT2D eigenvalue weighted by atomic mass is 9.97. The van der Waals surface area contributed by atoms with Crippen LogP contribution in [0.3, 0.4) is 0 Å². The van der Waals surface area contributed by atoms with E-state index in [1.54, 1.807) is 13.8 Å². The average molecular weight is 333 g/mol. The second-order valence-electron chi connectivity index (χ2n) is 5.90. The molecule has 1 saturated heterocycles. The molecular formula is C18H23NO5. The first-order chi connectivity index (χ1) is 11.4. The van der Waals surface area contributed by atoms with Crippen molar-refractivity contribution in [3.05, 3.63) is 48.0 Å². The van der Waals surface area contributed by atoms with Gasteiger partial charge in [-0.3, -0.25) is 4.90 Å². The Hall–Kier alpha value is -2.34. The third-order valence-electron chi connectivity index (χ3n) is 3.97. The van der Waals surface area contributed by atoms with Crippen molar-refractivity contribution in [3.63, 3.8) is 0 Å². The van der Waals surface area contributed by atoms with Crippen molar-refractivity contribution in [2.75, 3.05) is 13.2 Å². The first-order valence-electron chi connectivity index (χ1n) is 7.98. The van der Waals surface area contributed by atoms with Crippen molar-refractivity contribution in [3.8, 4) is 0 Å². The van der Waals surface area contributed by atoms with Crippen LogP contribution in [0.25, 0.3) is 0 Å². The molecule has 1 aliphatic heterocycles. The first-order valence-corrected chi connectivity index (χ1v) is 7.98. The van der Waals surface area contributed by atoms with Crippen molar-refractivity contribution >= 4 is 12.1 Å². The number of likely N-dealkylation sites (tertiary alicyclic amines) is 1. The number of hydrogen-bond donors (Lipinski definition) is 1. The van der Waals surface area contributed by atoms with Gasteiger partial charge in [-0.15, -0.1) is 0 Å². The Morgan fingerprint density at radius 3 is 2.71 bits per heavy atom. The molecule has 0 spiro atoms. The van der Waals surface area contributed by atoms with Crippen molar-refractivity contribution in [2.45, 2.75) is 38.5 Å². The normalized spacial score (nSPS) is 23.5. The predicted octanol–water partition coefficient (Wildman–Crippen LogP) is 2.27. The van der Waals surface area contributed by atoms with Crippen molar-refractivity contribution in [1.29, 1.82) is 0 Å². The molecule has 24 heavy (non-hydrogen) atoms. The number of hydrogen-bond acceptors (Lipinski definition) is 5. The minimum absolute atomic E-state index is 0.159. The zero-order valence-electron chi connectivity index (χ0n) is 14.0. The topological polar surface area (TPSA) is 76.1 Å². The van der Waals surface area contributed by atoms with E-state index in [1.165, 1.54) is 17.1 Å². The molecule has 1 N–H and O–H groups in total. The highest BCUT2D eigenvalue weighted by Gasteiger charge is 2.44. The maximum absolute atomic E-state index is 12.3. The molecule has 0 aliphatic carbocycles. The van der Waals surface area contributed by atoms with Gasteiger partial charge in [-0.05, 0) is 25.8 Å². The summed E-state index contributed by atoms with van der Waals surface area (Å²) in [6.07, 6.45) is 2.63. The SMILES string of the molecule is CCOC(=O)/C=C/[C@H]1N(C(=O)OCc2ccccc2)CC[C@@]1(C)O. The van der Waals surface area contributed by atoms with Crippen molar-refractivity contribution in [1.82, 2.24) is 4.90 Å². The average Bonchev–Trinajstić information content (AvgIpc) is 2.86. The van der Waals surface area contributed by atoms with E-state index in [0.29, 0.717) is 13.0 Å². The molecule has 1 heterocycles. The van der Waals surface area contributed by atoms with Gasteiger partial charge in [0.1, 0.15) is 6.61 Å². The summed E-state index contributed by atoms with van der Waals surface area (Å²) in [6.45, 7) is 4.14. The molecule has 2 rings (SSSR count). The van der Waals surface area contributed by atoms with Crippen LogP contribution in [0.15, 0.2) is 42.5 Å². The third kappa shape index (κ3) is 4.58. The molecule has 1 amide bonds. The van der Waals surface area contributed by atoms with Crippen LogP contribution < -0.4 is 0 Å². The van der Waals surface area contributed by atoms with E-state index in [2.05, 4.69) is 0 Å². The fraction of sp³-hybridized carbons (Fsp3) is 0.444. The summed E-state index contributed by atoms with van der Waals surface area (Å²) in [7, 11) is 0. The van der Waals surface area contributed by atoms with Gasteiger partial charge in [0.2, 0.25) is 0 Å². The first kappa shape index (κ1) is 18.0. The predicted molar refractivity (Wildman–Crippen MR) is 88.1 cm³/mol. The third-order valence-corrected chi connectivity index (χ3v) is 3.97. The Bertz CT molecular complexity index is 597. The Balaban J connectivity index is 2.01. The van der Waals surface area contributed by atoms with E-state index in [4.69, 9.17) is 9.47 Å². The molecule has 0 aromatic heterocycles. The Kier molecular flexibility index (Phi) is 5.98. The maximum atomic E-state index is 12.3. The molecule has 2 atom stereocenters. The highest BCUT2D eigenvalue weighted by atomic mass is 16.6. The van der Waals surface area contributed by atoms with Crippen LogP contribution in [0.1, 0.15) is 25.8 Å². The van der Waals surface area contributed by atoms with Crippen molar-refractivity contribution in [2.24, 2.45) is 0 Å². The van der Waals surface area contributed by atoms with E-state index in [9.17, 15) is 14.7 Å². The molecular weight excluding hydrogens is 310 g/mol. The van der Waals surface area contributed by atoms with Gasteiger partial charge in [-0.1, -0.05) is 36.4 Å². The summed E-state index contributed by atoms with van der Waals surface area (Å²) in [5, 5.41) is 10.4. The molecule has 1 aromatic rings. The molecule has 1 aromatic carbocycles. The number of amides is 1. The van der Waals surface area contributed by atoms with Gasteiger partial charge in [-0.25, -0.2) is 9.59 Å². The monoisotopic (exact) mass is 333 g/mol. The fourth-order valence-electron chi connectivity index (χ4n) is 2.65. The number of esters is 1. The number of carbonyl (C=O) groups is 2. The molecule has 1 aliphatic rings. The number of ether oxygens (including phenoxy) is 2. The van der Waals surface area contributed by atoms with Gasteiger partial charge < -0.3 is 14.6 Å². The number of carbonyl (C=O) groups excluding carboxylic acids is 2. The summed E-state index contributed by atoms with van der Waals surface area (Å²) in [5.41, 5.74) is -0.232. The van der Waals surface area contributed by atoms with Gasteiger partial charge in [-0.2, -0.15) is 0 Å². The zero-order chi connectivity index (χ0) is 17.6. The van der Waals surface area contributed by atoms with E-state index in [-0.39, 0.29) is 13.2 Å². The summed E-state index contributed by atoms with van der Waals surface area (Å²) in [4.78, 5) is 25.2. The van der Waals surface area contributed by atoms with Gasteiger partial charge >= 0.3 is 12.1 Å². The van der Waals surface area contributed by atoms with E-state index in [1.807, 2.05) is 30.3 Å². The van der Waals surface area contributed by atoms with Crippen molar-refractivity contribution < 1.29 is 24.2 Å². The van der Waals surface area contributed by atoms with Crippen LogP contribution in [0.2, 0.25) is 0 Å². The smallest absolute Gasteiger partial charge is 0.410 e. The van der Waals surface area contributed by atoms with Gasteiger partial charge in [0.25, 0.3) is 0 Å². The minimum atomic E-state index is -1.12. The van der Waals surface area contributed by atoms with Gasteiger partial charge in [0.05, 0.1) is 18.2 Å². The Morgan fingerprint density at radius 1 is 1.33 bits per heavy atom.